The second-order valence-corrected chi connectivity index (χ2v) is 10.9. The molecular weight excluding hydrogens is 470 g/mol. The molecule has 6 nitrogen and oxygen atoms in total. The summed E-state index contributed by atoms with van der Waals surface area (Å²) >= 11 is 0. The lowest BCUT2D eigenvalue weighted by Gasteiger charge is -2.37. The van der Waals surface area contributed by atoms with Crippen molar-refractivity contribution >= 4 is 16.0 Å². The van der Waals surface area contributed by atoms with Gasteiger partial charge in [-0.1, -0.05) is 26.7 Å². The molecule has 0 aromatic carbocycles. The third-order valence-electron chi connectivity index (χ3n) is 5.89. The van der Waals surface area contributed by atoms with E-state index in [1.165, 1.54) is 112 Å². The lowest BCUT2D eigenvalue weighted by Crippen LogP contribution is -2.48. The van der Waals surface area contributed by atoms with Crippen LogP contribution in [0.25, 0.3) is 0 Å². The Labute approximate surface area is 192 Å². The van der Waals surface area contributed by atoms with E-state index in [0.29, 0.717) is 0 Å². The third-order valence-corrected chi connectivity index (χ3v) is 5.89. The van der Waals surface area contributed by atoms with Gasteiger partial charge in [-0.05, 0) is 51.4 Å². The lowest BCUT2D eigenvalue weighted by atomic mass is 10.1. The van der Waals surface area contributed by atoms with Crippen LogP contribution in [0, 0.1) is 0 Å². The zero-order chi connectivity index (χ0) is 25.3. The van der Waals surface area contributed by atoms with Gasteiger partial charge in [0.25, 0.3) is 0 Å². The first-order valence-electron chi connectivity index (χ1n) is 11.6. The summed E-state index contributed by atoms with van der Waals surface area (Å²) in [7, 11) is -6.93. The molecule has 0 spiro atoms. The zero-order valence-corrected chi connectivity index (χ0v) is 22.0. The molecule has 2 fully saturated rings. The molecule has 32 heavy (non-hydrogen) atoms. The molecule has 12 heteroatoms. The van der Waals surface area contributed by atoms with Crippen LogP contribution in [-0.2, 0) is 9.13 Å². The van der Waals surface area contributed by atoms with Crippen LogP contribution in [0.3, 0.4) is 0 Å². The van der Waals surface area contributed by atoms with Gasteiger partial charge in [0, 0.05) is 0 Å². The number of piperidine rings is 2. The summed E-state index contributed by atoms with van der Waals surface area (Å²) in [5, 5.41) is 0. The Bertz CT molecular complexity index is 485. The number of hydrogen-bond donors (Lipinski definition) is 0. The van der Waals surface area contributed by atoms with E-state index in [-0.39, 0.29) is 0 Å². The maximum atomic E-state index is 10.0. The highest BCUT2D eigenvalue weighted by atomic mass is 31.2. The Balaban J connectivity index is 0. The van der Waals surface area contributed by atoms with Crippen LogP contribution < -0.4 is 9.79 Å². The molecule has 0 saturated carbocycles. The molecule has 0 aromatic heterocycles. The number of halogens is 4. The molecule has 196 valence electrons. The number of likely N-dealkylation sites (tertiary alicyclic amines) is 2. The summed E-state index contributed by atoms with van der Waals surface area (Å²) in [5.41, 5.74) is 0. The van der Waals surface area contributed by atoms with Gasteiger partial charge in [0.2, 0.25) is 0 Å². The van der Waals surface area contributed by atoms with Gasteiger partial charge in [0.05, 0.1) is 53.4 Å². The van der Waals surface area contributed by atoms with Crippen LogP contribution in [0.15, 0.2) is 0 Å². The van der Waals surface area contributed by atoms with E-state index in [4.69, 9.17) is 18.9 Å². The van der Waals surface area contributed by atoms with Crippen LogP contribution >= 0.6 is 16.0 Å². The largest absolute Gasteiger partial charge is 0.749 e. The predicted molar refractivity (Wildman–Crippen MR) is 119 cm³/mol. The van der Waals surface area contributed by atoms with Crippen molar-refractivity contribution in [2.45, 2.75) is 78.1 Å². The summed E-state index contributed by atoms with van der Waals surface area (Å²) in [5.74, 6) is 0. The van der Waals surface area contributed by atoms with E-state index in [2.05, 4.69) is 27.9 Å². The summed E-state index contributed by atoms with van der Waals surface area (Å²) < 4.78 is 59.4. The average molecular weight is 515 g/mol. The SMILES string of the molecule is CCCC[N+]1(C)CCCCC1.CCCC[N+]1(C)CCCCC1.O=P([O-])(F)F.O=P([O-])(F)F. The van der Waals surface area contributed by atoms with Crippen molar-refractivity contribution in [1.82, 2.24) is 0 Å². The van der Waals surface area contributed by atoms with E-state index in [9.17, 15) is 16.8 Å². The first-order valence-corrected chi connectivity index (χ1v) is 14.4. The molecule has 0 aliphatic carbocycles. The molecular formula is C20H44F4N2O4P2. The minimum Gasteiger partial charge on any atom is -0.749 e. The number of hydrogen-bond acceptors (Lipinski definition) is 4. The zero-order valence-electron chi connectivity index (χ0n) is 20.2. The smallest absolute Gasteiger partial charge is 0.345 e. The van der Waals surface area contributed by atoms with Crippen LogP contribution in [0.1, 0.15) is 78.1 Å². The number of quaternary nitrogens is 2. The molecule has 2 rings (SSSR count). The summed E-state index contributed by atoms with van der Waals surface area (Å²) in [6, 6.07) is 0. The van der Waals surface area contributed by atoms with Gasteiger partial charge in [-0.25, -0.2) is 0 Å². The molecule has 0 aromatic rings. The Kier molecular flexibility index (Phi) is 18.6. The van der Waals surface area contributed by atoms with Crippen LogP contribution in [0.5, 0.6) is 0 Å². The maximum absolute atomic E-state index is 10.0. The monoisotopic (exact) mass is 514 g/mol. The van der Waals surface area contributed by atoms with Crippen molar-refractivity contribution < 1.29 is 44.7 Å². The van der Waals surface area contributed by atoms with E-state index in [1.54, 1.807) is 0 Å². The molecule has 2 aliphatic rings. The van der Waals surface area contributed by atoms with Crippen molar-refractivity contribution in [2.24, 2.45) is 0 Å². The lowest BCUT2D eigenvalue weighted by molar-refractivity contribution is -0.914. The second-order valence-electron chi connectivity index (χ2n) is 9.24. The Morgan fingerprint density at radius 2 is 0.844 bits per heavy atom. The highest BCUT2D eigenvalue weighted by molar-refractivity contribution is 7.45. The van der Waals surface area contributed by atoms with Gasteiger partial charge in [-0.2, -0.15) is 16.8 Å². The highest BCUT2D eigenvalue weighted by Crippen LogP contribution is 2.38. The van der Waals surface area contributed by atoms with Crippen molar-refractivity contribution in [3.8, 4) is 0 Å². The summed E-state index contributed by atoms with van der Waals surface area (Å²) in [4.78, 5) is 16.7. The van der Waals surface area contributed by atoms with Crippen molar-refractivity contribution in [2.75, 3.05) is 53.4 Å². The van der Waals surface area contributed by atoms with Gasteiger partial charge in [-0.3, -0.25) is 9.13 Å². The normalized spacial score (nSPS) is 19.8. The molecule has 0 atom stereocenters. The van der Waals surface area contributed by atoms with Crippen molar-refractivity contribution in [3.05, 3.63) is 0 Å². The molecule has 2 aliphatic heterocycles. The highest BCUT2D eigenvalue weighted by Gasteiger charge is 2.24. The fourth-order valence-corrected chi connectivity index (χ4v) is 4.08. The van der Waals surface area contributed by atoms with Gasteiger partial charge in [0.15, 0.2) is 0 Å². The van der Waals surface area contributed by atoms with Gasteiger partial charge in [0.1, 0.15) is 0 Å². The first-order chi connectivity index (χ1) is 14.5. The Morgan fingerprint density at radius 1 is 0.625 bits per heavy atom. The summed E-state index contributed by atoms with van der Waals surface area (Å²) in [6.07, 6.45) is 14.3. The Hall–Kier alpha value is 0.0200. The van der Waals surface area contributed by atoms with Gasteiger partial charge < -0.3 is 18.8 Å². The second kappa shape index (κ2) is 17.5. The molecule has 2 saturated heterocycles. The number of nitrogens with zero attached hydrogens (tertiary/aromatic N) is 2. The molecule has 0 bridgehead atoms. The molecule has 0 amide bonds. The van der Waals surface area contributed by atoms with Gasteiger partial charge >= 0.3 is 16.0 Å². The quantitative estimate of drug-likeness (QED) is 0.262. The van der Waals surface area contributed by atoms with Crippen LogP contribution in [0.4, 0.5) is 16.8 Å². The fraction of sp³-hybridized carbons (Fsp3) is 1.00. The molecule has 2 heterocycles. The molecule has 0 unspecified atom stereocenters. The average Bonchev–Trinajstić information content (AvgIpc) is 2.64. The van der Waals surface area contributed by atoms with Gasteiger partial charge in [-0.15, -0.1) is 0 Å². The minimum atomic E-state index is -5.89. The maximum Gasteiger partial charge on any atom is 0.345 e. The Morgan fingerprint density at radius 3 is 1.03 bits per heavy atom. The van der Waals surface area contributed by atoms with Crippen LogP contribution in [0.2, 0.25) is 0 Å². The minimum absolute atomic E-state index is 1.36. The molecule has 0 radical (unpaired) electrons. The topological polar surface area (TPSA) is 80.3 Å². The standard InChI is InChI=1S/2C10H22N.2F2HO2P/c2*1-3-4-8-11(2)9-6-5-7-10-11;2*1-5(2,3)4/h2*3-10H2,1-2H3;2*(H,3,4)/q2*+1;;/p-2. The number of unbranched alkanes of at least 4 members (excludes halogenated alkanes) is 2. The first kappa shape index (κ1) is 34.2. The van der Waals surface area contributed by atoms with E-state index >= 15 is 0 Å². The van der Waals surface area contributed by atoms with Crippen molar-refractivity contribution in [1.29, 1.82) is 0 Å². The van der Waals surface area contributed by atoms with E-state index in [1.807, 2.05) is 0 Å². The molecule has 0 N–H and O–H groups in total. The van der Waals surface area contributed by atoms with E-state index in [0.717, 1.165) is 0 Å². The van der Waals surface area contributed by atoms with Crippen LogP contribution in [-0.4, -0.2) is 62.3 Å². The predicted octanol–water partition coefficient (Wildman–Crippen LogP) is 5.62. The van der Waals surface area contributed by atoms with E-state index < -0.39 is 16.0 Å². The van der Waals surface area contributed by atoms with Crippen molar-refractivity contribution in [3.63, 3.8) is 0 Å². The summed E-state index contributed by atoms with van der Waals surface area (Å²) in [6.45, 7) is 13.1. The number of rotatable bonds is 6. The third kappa shape index (κ3) is 28.1. The fourth-order valence-electron chi connectivity index (χ4n) is 4.08.